The number of benzene rings is 2. The number of furan rings is 1. The highest BCUT2D eigenvalue weighted by molar-refractivity contribution is 6.30. The molecule has 0 bridgehead atoms. The quantitative estimate of drug-likeness (QED) is 0.491. The summed E-state index contributed by atoms with van der Waals surface area (Å²) in [6.45, 7) is 0. The number of aromatic nitrogens is 1. The summed E-state index contributed by atoms with van der Waals surface area (Å²) >= 11 is 6.14. The third-order valence-corrected chi connectivity index (χ3v) is 4.20. The zero-order chi connectivity index (χ0) is 17.2. The number of pyridine rings is 1. The fourth-order valence-electron chi connectivity index (χ4n) is 2.70. The van der Waals surface area contributed by atoms with Crippen molar-refractivity contribution in [2.45, 2.75) is 0 Å². The lowest BCUT2D eigenvalue weighted by Crippen LogP contribution is -1.90. The number of aromatic hydroxyl groups is 1. The van der Waals surface area contributed by atoms with Crippen molar-refractivity contribution in [3.8, 4) is 39.4 Å². The topological polar surface area (TPSA) is 46.3 Å². The number of rotatable bonds is 3. The Morgan fingerprint density at radius 1 is 0.760 bits per heavy atom. The summed E-state index contributed by atoms with van der Waals surface area (Å²) in [5.41, 5.74) is 5.48. The first kappa shape index (κ1) is 15.5. The molecule has 0 atom stereocenters. The molecule has 2 heterocycles. The fraction of sp³-hybridized carbons (Fsp3) is 0. The Hall–Kier alpha value is -3.04. The lowest BCUT2D eigenvalue weighted by Gasteiger charge is -2.09. The van der Waals surface area contributed by atoms with Crippen molar-refractivity contribution in [1.82, 2.24) is 4.98 Å². The summed E-state index contributed by atoms with van der Waals surface area (Å²) < 4.78 is 5.22. The molecule has 0 saturated carbocycles. The Labute approximate surface area is 150 Å². The number of hydrogen-bond acceptors (Lipinski definition) is 3. The van der Waals surface area contributed by atoms with Gasteiger partial charge in [0.15, 0.2) is 0 Å². The molecule has 0 fully saturated rings. The van der Waals surface area contributed by atoms with E-state index in [1.54, 1.807) is 24.7 Å². The molecule has 25 heavy (non-hydrogen) atoms. The summed E-state index contributed by atoms with van der Waals surface area (Å²) in [5, 5.41) is 10.2. The van der Waals surface area contributed by atoms with Crippen molar-refractivity contribution in [3.63, 3.8) is 0 Å². The lowest BCUT2D eigenvalue weighted by molar-refractivity contribution is 0.475. The van der Waals surface area contributed by atoms with Crippen LogP contribution >= 0.6 is 11.6 Å². The standard InChI is InChI=1S/C21H14ClNO2/c22-18-3-1-2-15(10-18)21-12-17(16-8-9-25-13-16)11-20(23-21)14-4-6-19(24)7-5-14/h1-13,24H. The highest BCUT2D eigenvalue weighted by Crippen LogP contribution is 2.31. The Balaban J connectivity index is 1.90. The minimum absolute atomic E-state index is 0.227. The number of phenols is 1. The van der Waals surface area contributed by atoms with Gasteiger partial charge in [0.25, 0.3) is 0 Å². The van der Waals surface area contributed by atoms with Gasteiger partial charge in [-0.05, 0) is 60.2 Å². The van der Waals surface area contributed by atoms with E-state index in [0.717, 1.165) is 33.6 Å². The average molecular weight is 348 g/mol. The van der Waals surface area contributed by atoms with E-state index in [9.17, 15) is 5.11 Å². The van der Waals surface area contributed by atoms with Crippen molar-refractivity contribution in [3.05, 3.63) is 84.3 Å². The van der Waals surface area contributed by atoms with Crippen LogP contribution in [0.4, 0.5) is 0 Å². The largest absolute Gasteiger partial charge is 0.508 e. The molecule has 0 unspecified atom stereocenters. The Kier molecular flexibility index (Phi) is 4.00. The molecule has 4 heteroatoms. The monoisotopic (exact) mass is 347 g/mol. The highest BCUT2D eigenvalue weighted by atomic mass is 35.5. The van der Waals surface area contributed by atoms with E-state index >= 15 is 0 Å². The van der Waals surface area contributed by atoms with Gasteiger partial charge in [0.05, 0.1) is 23.9 Å². The third-order valence-electron chi connectivity index (χ3n) is 3.96. The molecule has 0 aliphatic heterocycles. The molecular formula is C21H14ClNO2. The second-order valence-electron chi connectivity index (χ2n) is 5.70. The molecule has 0 amide bonds. The molecule has 0 spiro atoms. The molecule has 1 N–H and O–H groups in total. The first-order chi connectivity index (χ1) is 12.2. The Morgan fingerprint density at radius 2 is 1.52 bits per heavy atom. The van der Waals surface area contributed by atoms with Crippen molar-refractivity contribution < 1.29 is 9.52 Å². The van der Waals surface area contributed by atoms with Crippen LogP contribution in [0.2, 0.25) is 5.02 Å². The molecule has 122 valence electrons. The van der Waals surface area contributed by atoms with Gasteiger partial charge in [0, 0.05) is 21.7 Å². The van der Waals surface area contributed by atoms with Crippen LogP contribution in [0.15, 0.2) is 83.7 Å². The van der Waals surface area contributed by atoms with Gasteiger partial charge >= 0.3 is 0 Å². The summed E-state index contributed by atoms with van der Waals surface area (Å²) in [5.74, 6) is 0.227. The maximum Gasteiger partial charge on any atom is 0.115 e. The van der Waals surface area contributed by atoms with Crippen LogP contribution in [0, 0.1) is 0 Å². The first-order valence-corrected chi connectivity index (χ1v) is 8.17. The summed E-state index contributed by atoms with van der Waals surface area (Å²) in [6.07, 6.45) is 3.35. The highest BCUT2D eigenvalue weighted by Gasteiger charge is 2.10. The van der Waals surface area contributed by atoms with E-state index in [0.29, 0.717) is 5.02 Å². The predicted octanol–water partition coefficient (Wildman–Crippen LogP) is 6.03. The van der Waals surface area contributed by atoms with Crippen molar-refractivity contribution in [2.24, 2.45) is 0 Å². The van der Waals surface area contributed by atoms with E-state index < -0.39 is 0 Å². The third kappa shape index (κ3) is 3.28. The minimum Gasteiger partial charge on any atom is -0.508 e. The van der Waals surface area contributed by atoms with Gasteiger partial charge in [-0.25, -0.2) is 4.98 Å². The van der Waals surface area contributed by atoms with Gasteiger partial charge in [-0.2, -0.15) is 0 Å². The SMILES string of the molecule is Oc1ccc(-c2cc(-c3ccoc3)cc(-c3cccc(Cl)c3)n2)cc1. The van der Waals surface area contributed by atoms with Gasteiger partial charge in [0.1, 0.15) is 5.75 Å². The van der Waals surface area contributed by atoms with E-state index in [4.69, 9.17) is 21.0 Å². The average Bonchev–Trinajstić information content (AvgIpc) is 3.17. The predicted molar refractivity (Wildman–Crippen MR) is 99.5 cm³/mol. The second kappa shape index (κ2) is 6.46. The molecule has 2 aromatic heterocycles. The van der Waals surface area contributed by atoms with Crippen molar-refractivity contribution >= 4 is 11.6 Å². The van der Waals surface area contributed by atoms with Crippen LogP contribution in [-0.4, -0.2) is 10.1 Å². The maximum absolute atomic E-state index is 9.52. The van der Waals surface area contributed by atoms with Crippen LogP contribution in [0.5, 0.6) is 5.75 Å². The summed E-state index contributed by atoms with van der Waals surface area (Å²) in [7, 11) is 0. The number of phenolic OH excluding ortho intramolecular Hbond substituents is 1. The van der Waals surface area contributed by atoms with Crippen LogP contribution in [0.1, 0.15) is 0 Å². The van der Waals surface area contributed by atoms with Gasteiger partial charge in [0.2, 0.25) is 0 Å². The molecule has 4 aromatic rings. The van der Waals surface area contributed by atoms with Gasteiger partial charge < -0.3 is 9.52 Å². The van der Waals surface area contributed by atoms with Crippen molar-refractivity contribution in [2.75, 3.05) is 0 Å². The van der Waals surface area contributed by atoms with Crippen LogP contribution < -0.4 is 0 Å². The van der Waals surface area contributed by atoms with Crippen molar-refractivity contribution in [1.29, 1.82) is 0 Å². The Bertz CT molecular complexity index is 1010. The summed E-state index contributed by atoms with van der Waals surface area (Å²) in [4.78, 5) is 4.78. The van der Waals surface area contributed by atoms with Crippen LogP contribution in [0.3, 0.4) is 0 Å². The van der Waals surface area contributed by atoms with E-state index in [1.165, 1.54) is 0 Å². The molecule has 0 aliphatic rings. The van der Waals surface area contributed by atoms with E-state index in [2.05, 4.69) is 0 Å². The molecule has 3 nitrogen and oxygen atoms in total. The zero-order valence-corrected chi connectivity index (χ0v) is 13.9. The fourth-order valence-corrected chi connectivity index (χ4v) is 2.89. The second-order valence-corrected chi connectivity index (χ2v) is 6.13. The summed E-state index contributed by atoms with van der Waals surface area (Å²) in [6, 6.07) is 20.6. The molecule has 2 aromatic carbocycles. The number of halogens is 1. The number of nitrogens with zero attached hydrogens (tertiary/aromatic N) is 1. The van der Waals surface area contributed by atoms with Gasteiger partial charge in [-0.3, -0.25) is 0 Å². The van der Waals surface area contributed by atoms with Gasteiger partial charge in [-0.15, -0.1) is 0 Å². The molecule has 0 saturated heterocycles. The zero-order valence-electron chi connectivity index (χ0n) is 13.2. The lowest BCUT2D eigenvalue weighted by atomic mass is 10.0. The normalized spacial score (nSPS) is 10.8. The van der Waals surface area contributed by atoms with E-state index in [-0.39, 0.29) is 5.75 Å². The van der Waals surface area contributed by atoms with Gasteiger partial charge in [-0.1, -0.05) is 23.7 Å². The Morgan fingerprint density at radius 3 is 2.20 bits per heavy atom. The first-order valence-electron chi connectivity index (χ1n) is 7.79. The maximum atomic E-state index is 9.52. The molecule has 4 rings (SSSR count). The molecule has 0 aliphatic carbocycles. The van der Waals surface area contributed by atoms with Crippen LogP contribution in [0.25, 0.3) is 33.6 Å². The molecule has 0 radical (unpaired) electrons. The smallest absolute Gasteiger partial charge is 0.115 e. The minimum atomic E-state index is 0.227. The number of hydrogen-bond donors (Lipinski definition) is 1. The van der Waals surface area contributed by atoms with Crippen LogP contribution in [-0.2, 0) is 0 Å². The van der Waals surface area contributed by atoms with E-state index in [1.807, 2.05) is 54.6 Å². The molecular weight excluding hydrogens is 334 g/mol.